The van der Waals surface area contributed by atoms with Crippen LogP contribution in [-0.4, -0.2) is 42.9 Å². The Morgan fingerprint density at radius 2 is 1.70 bits per heavy atom. The van der Waals surface area contributed by atoms with Gasteiger partial charge in [-0.25, -0.2) is 4.39 Å². The van der Waals surface area contributed by atoms with Crippen LogP contribution in [0.2, 0.25) is 0 Å². The number of furan rings is 1. The van der Waals surface area contributed by atoms with E-state index in [4.69, 9.17) is 4.42 Å². The molecule has 0 unspecified atom stereocenters. The van der Waals surface area contributed by atoms with Crippen LogP contribution in [0.1, 0.15) is 17.5 Å². The normalized spacial score (nSPS) is 13.9. The van der Waals surface area contributed by atoms with Gasteiger partial charge >= 0.3 is 0 Å². The summed E-state index contributed by atoms with van der Waals surface area (Å²) in [5, 5.41) is 2.81. The summed E-state index contributed by atoms with van der Waals surface area (Å²) in [6.07, 6.45) is 0. The Bertz CT molecular complexity index is 1050. The van der Waals surface area contributed by atoms with Crippen molar-refractivity contribution in [3.05, 3.63) is 72.2 Å². The molecule has 2 heterocycles. The Labute approximate surface area is 173 Å². The summed E-state index contributed by atoms with van der Waals surface area (Å²) in [4.78, 5) is 28.0. The third-order valence-corrected chi connectivity index (χ3v) is 5.15. The number of carbonyl (C=O) groups is 2. The van der Waals surface area contributed by atoms with Gasteiger partial charge in [0.1, 0.15) is 11.6 Å². The number of hydrogen-bond donors (Lipinski definition) is 1. The number of amides is 2. The molecule has 2 aromatic carbocycles. The highest BCUT2D eigenvalue weighted by Gasteiger charge is 2.19. The van der Waals surface area contributed by atoms with E-state index in [1.807, 2.05) is 29.2 Å². The Morgan fingerprint density at radius 1 is 0.967 bits per heavy atom. The molecule has 7 heteroatoms. The van der Waals surface area contributed by atoms with Gasteiger partial charge < -0.3 is 19.5 Å². The van der Waals surface area contributed by atoms with Crippen LogP contribution >= 0.6 is 0 Å². The molecule has 154 valence electrons. The van der Waals surface area contributed by atoms with Crippen molar-refractivity contribution < 1.29 is 18.4 Å². The minimum Gasteiger partial charge on any atom is -0.451 e. The van der Waals surface area contributed by atoms with Gasteiger partial charge in [-0.3, -0.25) is 9.59 Å². The fourth-order valence-corrected chi connectivity index (χ4v) is 3.48. The van der Waals surface area contributed by atoms with Crippen molar-refractivity contribution in [2.75, 3.05) is 36.4 Å². The Morgan fingerprint density at radius 3 is 2.37 bits per heavy atom. The predicted molar refractivity (Wildman–Crippen MR) is 113 cm³/mol. The number of carbonyl (C=O) groups excluding carboxylic acids is 2. The van der Waals surface area contributed by atoms with Crippen molar-refractivity contribution in [2.24, 2.45) is 0 Å². The van der Waals surface area contributed by atoms with Crippen LogP contribution in [0.3, 0.4) is 0 Å². The summed E-state index contributed by atoms with van der Waals surface area (Å²) in [5.74, 6) is -0.0530. The van der Waals surface area contributed by atoms with Crippen molar-refractivity contribution in [1.29, 1.82) is 0 Å². The lowest BCUT2D eigenvalue weighted by atomic mass is 10.2. The van der Waals surface area contributed by atoms with Gasteiger partial charge in [-0.05, 0) is 48.5 Å². The van der Waals surface area contributed by atoms with Gasteiger partial charge in [0.15, 0.2) is 5.76 Å². The first-order valence-electron chi connectivity index (χ1n) is 9.77. The summed E-state index contributed by atoms with van der Waals surface area (Å²) in [7, 11) is 0. The first-order chi connectivity index (χ1) is 14.5. The van der Waals surface area contributed by atoms with Crippen LogP contribution in [0.5, 0.6) is 0 Å². The topological polar surface area (TPSA) is 65.8 Å². The number of benzene rings is 2. The van der Waals surface area contributed by atoms with E-state index in [1.165, 1.54) is 12.1 Å². The fraction of sp³-hybridized carbons (Fsp3) is 0.217. The number of halogens is 1. The maximum atomic E-state index is 13.4. The van der Waals surface area contributed by atoms with E-state index in [0.29, 0.717) is 30.1 Å². The highest BCUT2D eigenvalue weighted by atomic mass is 19.1. The summed E-state index contributed by atoms with van der Waals surface area (Å²) in [6, 6.07) is 16.8. The predicted octanol–water partition coefficient (Wildman–Crippen LogP) is 4.01. The first-order valence-corrected chi connectivity index (χ1v) is 9.77. The Balaban J connectivity index is 1.38. The molecule has 0 atom stereocenters. The fourth-order valence-electron chi connectivity index (χ4n) is 3.48. The largest absolute Gasteiger partial charge is 0.451 e. The lowest BCUT2D eigenvalue weighted by Crippen LogP contribution is -2.48. The molecule has 0 bridgehead atoms. The molecule has 1 aliphatic rings. The monoisotopic (exact) mass is 407 g/mol. The quantitative estimate of drug-likeness (QED) is 0.710. The minimum atomic E-state index is -0.375. The van der Waals surface area contributed by atoms with Gasteiger partial charge in [0.2, 0.25) is 5.91 Å². The highest BCUT2D eigenvalue weighted by Crippen LogP contribution is 2.24. The first kappa shape index (κ1) is 19.7. The zero-order valence-corrected chi connectivity index (χ0v) is 16.6. The molecule has 0 radical (unpaired) electrons. The van der Waals surface area contributed by atoms with Crippen LogP contribution < -0.4 is 10.2 Å². The van der Waals surface area contributed by atoms with E-state index in [2.05, 4.69) is 10.2 Å². The summed E-state index contributed by atoms with van der Waals surface area (Å²) < 4.78 is 19.0. The minimum absolute atomic E-state index is 0.103. The van der Waals surface area contributed by atoms with Crippen molar-refractivity contribution in [3.63, 3.8) is 0 Å². The number of hydrogen-bond acceptors (Lipinski definition) is 4. The molecule has 6 nitrogen and oxygen atoms in total. The smallest absolute Gasteiger partial charge is 0.291 e. The Hall–Kier alpha value is -3.61. The highest BCUT2D eigenvalue weighted by molar-refractivity contribution is 6.02. The molecule has 1 aliphatic heterocycles. The lowest BCUT2D eigenvalue weighted by Gasteiger charge is -2.35. The number of nitrogens with zero attached hydrogens (tertiary/aromatic N) is 2. The summed E-state index contributed by atoms with van der Waals surface area (Å²) in [5.41, 5.74) is 2.26. The molecule has 30 heavy (non-hydrogen) atoms. The maximum Gasteiger partial charge on any atom is 0.291 e. The molecule has 1 saturated heterocycles. The average Bonchev–Trinajstić information content (AvgIpc) is 3.25. The number of nitrogens with one attached hydrogen (secondary N) is 1. The van der Waals surface area contributed by atoms with Gasteiger partial charge in [0.25, 0.3) is 5.91 Å². The average molecular weight is 407 g/mol. The molecule has 0 saturated carbocycles. The van der Waals surface area contributed by atoms with E-state index < -0.39 is 0 Å². The van der Waals surface area contributed by atoms with Crippen molar-refractivity contribution in [2.45, 2.75) is 6.92 Å². The molecule has 3 aromatic rings. The van der Waals surface area contributed by atoms with E-state index >= 15 is 0 Å². The molecule has 2 amide bonds. The molecule has 0 spiro atoms. The molecule has 0 aliphatic carbocycles. The van der Waals surface area contributed by atoms with E-state index in [0.717, 1.165) is 18.8 Å². The Kier molecular flexibility index (Phi) is 5.52. The molecule has 1 N–H and O–H groups in total. The van der Waals surface area contributed by atoms with Crippen molar-refractivity contribution >= 4 is 23.2 Å². The molecular weight excluding hydrogens is 385 g/mol. The van der Waals surface area contributed by atoms with Gasteiger partial charge in [-0.2, -0.15) is 0 Å². The van der Waals surface area contributed by atoms with E-state index in [9.17, 15) is 14.0 Å². The summed E-state index contributed by atoms with van der Waals surface area (Å²) >= 11 is 0. The summed E-state index contributed by atoms with van der Waals surface area (Å²) in [6.45, 7) is 4.56. The van der Waals surface area contributed by atoms with Crippen molar-refractivity contribution in [3.8, 4) is 11.3 Å². The second kappa shape index (κ2) is 8.41. The van der Waals surface area contributed by atoms with Crippen LogP contribution in [0.4, 0.5) is 15.8 Å². The van der Waals surface area contributed by atoms with Crippen LogP contribution in [-0.2, 0) is 4.79 Å². The van der Waals surface area contributed by atoms with E-state index in [-0.39, 0.29) is 23.4 Å². The van der Waals surface area contributed by atoms with Gasteiger partial charge in [0.05, 0.1) is 0 Å². The number of rotatable bonds is 4. The number of piperazine rings is 1. The molecule has 4 rings (SSSR count). The van der Waals surface area contributed by atoms with Crippen LogP contribution in [0.25, 0.3) is 11.3 Å². The number of anilines is 2. The third-order valence-electron chi connectivity index (χ3n) is 5.15. The van der Waals surface area contributed by atoms with Crippen LogP contribution in [0, 0.1) is 5.82 Å². The second-order valence-corrected chi connectivity index (χ2v) is 7.17. The molecule has 1 aromatic heterocycles. The SMILES string of the molecule is CC(=O)N1CCN(c2ccc(NC(=O)c3ccc(-c4cccc(F)c4)o3)cc2)CC1. The van der Waals surface area contributed by atoms with Gasteiger partial charge in [0, 0.05) is 50.0 Å². The maximum absolute atomic E-state index is 13.4. The third kappa shape index (κ3) is 4.35. The second-order valence-electron chi connectivity index (χ2n) is 7.17. The standard InChI is InChI=1S/C23H22FN3O3/c1-16(28)26-11-13-27(14-12-26)20-7-5-19(6-8-20)25-23(29)22-10-9-21(30-22)17-3-2-4-18(24)15-17/h2-10,15H,11-14H2,1H3,(H,25,29). The van der Waals surface area contributed by atoms with E-state index in [1.54, 1.807) is 31.2 Å². The molecular formula is C23H22FN3O3. The molecule has 1 fully saturated rings. The van der Waals surface area contributed by atoms with Gasteiger partial charge in [-0.15, -0.1) is 0 Å². The van der Waals surface area contributed by atoms with Crippen LogP contribution in [0.15, 0.2) is 65.1 Å². The zero-order chi connectivity index (χ0) is 21.1. The van der Waals surface area contributed by atoms with Gasteiger partial charge in [-0.1, -0.05) is 12.1 Å². The van der Waals surface area contributed by atoms with Crippen molar-refractivity contribution in [1.82, 2.24) is 4.90 Å². The zero-order valence-electron chi connectivity index (χ0n) is 16.6. The lowest BCUT2D eigenvalue weighted by molar-refractivity contribution is -0.129.